The monoisotopic (exact) mass is 199 g/mol. The van der Waals surface area contributed by atoms with Gasteiger partial charge in [-0.15, -0.1) is 0 Å². The normalized spacial score (nSPS) is 10.6. The average Bonchev–Trinajstić information content (AvgIpc) is 2.21. The highest BCUT2D eigenvalue weighted by atomic mass is 16.1. The number of nitrogens with zero attached hydrogens (tertiary/aromatic N) is 1. The van der Waals surface area contributed by atoms with Crippen LogP contribution in [0.1, 0.15) is 39.5 Å². The fourth-order valence-corrected chi connectivity index (χ4v) is 1.29. The van der Waals surface area contributed by atoms with Crippen LogP contribution in [0, 0.1) is 7.05 Å². The Morgan fingerprint density at radius 2 is 1.71 bits per heavy atom. The molecule has 0 aromatic heterocycles. The summed E-state index contributed by atoms with van der Waals surface area (Å²) in [7, 11) is 3.37. The molecule has 0 fully saturated rings. The zero-order chi connectivity index (χ0) is 10.8. The summed E-state index contributed by atoms with van der Waals surface area (Å²) in [5.41, 5.74) is 0. The molecule has 0 aliphatic heterocycles. The van der Waals surface area contributed by atoms with Crippen LogP contribution in [0.25, 0.3) is 0 Å². The third-order valence-electron chi connectivity index (χ3n) is 2.22. The fraction of sp³-hybridized carbons (Fsp3) is 0.818. The zero-order valence-electron chi connectivity index (χ0n) is 9.51. The second-order valence-electron chi connectivity index (χ2n) is 3.58. The van der Waals surface area contributed by atoms with Crippen molar-refractivity contribution in [3.05, 3.63) is 7.05 Å². The summed E-state index contributed by atoms with van der Waals surface area (Å²) in [4.78, 5) is 13.3. The minimum Gasteiger partial charge on any atom is -0.353 e. The lowest BCUT2D eigenvalue weighted by Crippen LogP contribution is -2.36. The molecular weight excluding hydrogens is 176 g/mol. The number of nitrogens with one attached hydrogen (secondary N) is 1. The molecule has 14 heavy (non-hydrogen) atoms. The molecule has 0 saturated heterocycles. The Bertz CT molecular complexity index is 140. The summed E-state index contributed by atoms with van der Waals surface area (Å²) in [6.45, 7) is 6.86. The van der Waals surface area contributed by atoms with Gasteiger partial charge in [-0.25, -0.2) is 0 Å². The van der Waals surface area contributed by atoms with Crippen molar-refractivity contribution < 1.29 is 4.79 Å². The molecular formula is C11H23N2O. The van der Waals surface area contributed by atoms with E-state index in [1.54, 1.807) is 0 Å². The molecule has 0 aliphatic carbocycles. The van der Waals surface area contributed by atoms with Crippen LogP contribution in [0.15, 0.2) is 0 Å². The van der Waals surface area contributed by atoms with Gasteiger partial charge in [-0.05, 0) is 25.9 Å². The van der Waals surface area contributed by atoms with Crippen LogP contribution in [0.5, 0.6) is 0 Å². The maximum absolute atomic E-state index is 11.1. The van der Waals surface area contributed by atoms with E-state index in [1.165, 1.54) is 12.8 Å². The van der Waals surface area contributed by atoms with Gasteiger partial charge in [-0.1, -0.05) is 26.7 Å². The lowest BCUT2D eigenvalue weighted by atomic mass is 10.2. The maximum Gasteiger partial charge on any atom is 0.234 e. The molecule has 1 radical (unpaired) electrons. The van der Waals surface area contributed by atoms with Gasteiger partial charge in [0, 0.05) is 7.05 Å². The molecule has 0 rings (SSSR count). The Morgan fingerprint density at radius 3 is 2.07 bits per heavy atom. The molecule has 0 spiro atoms. The van der Waals surface area contributed by atoms with Gasteiger partial charge in [0.05, 0.1) is 6.54 Å². The molecule has 0 atom stereocenters. The van der Waals surface area contributed by atoms with Crippen molar-refractivity contribution in [3.63, 3.8) is 0 Å². The minimum absolute atomic E-state index is 0.0113. The van der Waals surface area contributed by atoms with Gasteiger partial charge in [0.1, 0.15) is 0 Å². The van der Waals surface area contributed by atoms with Crippen molar-refractivity contribution >= 4 is 5.91 Å². The zero-order valence-corrected chi connectivity index (χ0v) is 9.51. The first-order valence-corrected chi connectivity index (χ1v) is 5.52. The Morgan fingerprint density at radius 1 is 1.21 bits per heavy atom. The third kappa shape index (κ3) is 6.89. The van der Waals surface area contributed by atoms with Crippen LogP contribution in [0.2, 0.25) is 0 Å². The fourth-order valence-electron chi connectivity index (χ4n) is 1.29. The largest absolute Gasteiger partial charge is 0.353 e. The highest BCUT2D eigenvalue weighted by Crippen LogP contribution is 1.98. The number of carbonyl (C=O) groups is 1. The molecule has 0 aromatic rings. The molecule has 3 heteroatoms. The molecule has 0 unspecified atom stereocenters. The lowest BCUT2D eigenvalue weighted by Gasteiger charge is -2.20. The number of unbranched alkanes of at least 4 members (excludes halogenated alkanes) is 2. The quantitative estimate of drug-likeness (QED) is 0.646. The highest BCUT2D eigenvalue weighted by molar-refractivity contribution is 5.78. The predicted molar refractivity (Wildman–Crippen MR) is 59.8 cm³/mol. The summed E-state index contributed by atoms with van der Waals surface area (Å²) in [6, 6.07) is 0. The van der Waals surface area contributed by atoms with Crippen LogP contribution in [0.4, 0.5) is 0 Å². The Hall–Kier alpha value is -0.570. The van der Waals surface area contributed by atoms with E-state index < -0.39 is 0 Å². The molecule has 0 aliphatic rings. The van der Waals surface area contributed by atoms with E-state index in [-0.39, 0.29) is 5.91 Å². The smallest absolute Gasteiger partial charge is 0.234 e. The van der Waals surface area contributed by atoms with E-state index in [2.05, 4.69) is 31.1 Å². The number of hydrogen-bond donors (Lipinski definition) is 1. The minimum atomic E-state index is 0.0113. The van der Waals surface area contributed by atoms with E-state index in [1.807, 2.05) is 0 Å². The van der Waals surface area contributed by atoms with Crippen molar-refractivity contribution in [2.45, 2.75) is 39.5 Å². The van der Waals surface area contributed by atoms with Crippen LogP contribution in [-0.2, 0) is 4.79 Å². The molecule has 0 bridgehead atoms. The van der Waals surface area contributed by atoms with Gasteiger partial charge in [-0.3, -0.25) is 9.69 Å². The Kier molecular flexibility index (Phi) is 8.64. The van der Waals surface area contributed by atoms with Crippen LogP contribution in [0.3, 0.4) is 0 Å². The number of rotatable bonds is 8. The van der Waals surface area contributed by atoms with Gasteiger partial charge in [0.2, 0.25) is 5.91 Å². The van der Waals surface area contributed by atoms with Crippen molar-refractivity contribution in [1.29, 1.82) is 0 Å². The van der Waals surface area contributed by atoms with Crippen molar-refractivity contribution in [2.24, 2.45) is 0 Å². The predicted octanol–water partition coefficient (Wildman–Crippen LogP) is 1.80. The van der Waals surface area contributed by atoms with Gasteiger partial charge in [-0.2, -0.15) is 0 Å². The van der Waals surface area contributed by atoms with E-state index >= 15 is 0 Å². The van der Waals surface area contributed by atoms with Gasteiger partial charge < -0.3 is 5.32 Å². The van der Waals surface area contributed by atoms with Crippen molar-refractivity contribution in [1.82, 2.24) is 10.2 Å². The molecule has 0 saturated carbocycles. The summed E-state index contributed by atoms with van der Waals surface area (Å²) in [6.07, 6.45) is 4.67. The molecule has 83 valence electrons. The van der Waals surface area contributed by atoms with E-state index in [9.17, 15) is 4.79 Å². The van der Waals surface area contributed by atoms with Crippen LogP contribution in [-0.4, -0.2) is 30.4 Å². The van der Waals surface area contributed by atoms with Gasteiger partial charge in [0.25, 0.3) is 0 Å². The second kappa shape index (κ2) is 9.00. The topological polar surface area (TPSA) is 32.3 Å². The van der Waals surface area contributed by atoms with Crippen LogP contribution < -0.4 is 5.32 Å². The molecule has 0 heterocycles. The van der Waals surface area contributed by atoms with Gasteiger partial charge in [0.15, 0.2) is 0 Å². The molecule has 3 nitrogen and oxygen atoms in total. The first kappa shape index (κ1) is 13.4. The first-order chi connectivity index (χ1) is 6.74. The number of amides is 1. The molecule has 1 N–H and O–H groups in total. The summed E-state index contributed by atoms with van der Waals surface area (Å²) in [5, 5.41) is 2.42. The van der Waals surface area contributed by atoms with E-state index in [0.717, 1.165) is 25.9 Å². The van der Waals surface area contributed by atoms with Crippen molar-refractivity contribution in [2.75, 3.05) is 19.6 Å². The van der Waals surface area contributed by atoms with E-state index in [0.29, 0.717) is 6.54 Å². The first-order valence-electron chi connectivity index (χ1n) is 5.52. The molecule has 1 amide bonds. The average molecular weight is 199 g/mol. The highest BCUT2D eigenvalue weighted by Gasteiger charge is 2.07. The van der Waals surface area contributed by atoms with Crippen molar-refractivity contribution in [3.8, 4) is 0 Å². The van der Waals surface area contributed by atoms with E-state index in [4.69, 9.17) is 0 Å². The van der Waals surface area contributed by atoms with Gasteiger partial charge >= 0.3 is 0 Å². The second-order valence-corrected chi connectivity index (χ2v) is 3.58. The number of carbonyl (C=O) groups excluding carboxylic acids is 1. The standard InChI is InChI=1S/C11H23N2O/c1-4-6-8-13(9-7-5-2)10-11(14)12-3/h3-10H2,1-2H3,(H,12,14). The summed E-state index contributed by atoms with van der Waals surface area (Å²) >= 11 is 0. The molecule has 0 aromatic carbocycles. The summed E-state index contributed by atoms with van der Waals surface area (Å²) in [5.74, 6) is 0.0113. The Labute approximate surface area is 87.9 Å². The van der Waals surface area contributed by atoms with Crippen LogP contribution >= 0.6 is 0 Å². The SMILES string of the molecule is [CH2]NC(=O)CN(CCCC)CCCC. The maximum atomic E-state index is 11.1. The summed E-state index contributed by atoms with van der Waals surface area (Å²) < 4.78 is 0. The Balaban J connectivity index is 3.77. The lowest BCUT2D eigenvalue weighted by molar-refractivity contribution is -0.121. The third-order valence-corrected chi connectivity index (χ3v) is 2.22. The number of hydrogen-bond acceptors (Lipinski definition) is 2.